The van der Waals surface area contributed by atoms with E-state index in [1.807, 2.05) is 0 Å². The Morgan fingerprint density at radius 2 is 2.00 bits per heavy atom. The van der Waals surface area contributed by atoms with Crippen molar-refractivity contribution < 1.29 is 22.7 Å². The van der Waals surface area contributed by atoms with Crippen molar-refractivity contribution in [3.8, 4) is 6.07 Å². The number of nitriles is 1. The lowest BCUT2D eigenvalue weighted by molar-refractivity contribution is -0.137. The number of nitrogens with zero attached hydrogens (tertiary/aromatic N) is 1. The van der Waals surface area contributed by atoms with Gasteiger partial charge in [0.05, 0.1) is 17.4 Å². The lowest BCUT2D eigenvalue weighted by Gasteiger charge is -2.17. The van der Waals surface area contributed by atoms with Crippen LogP contribution < -0.4 is 0 Å². The van der Waals surface area contributed by atoms with Gasteiger partial charge < -0.3 is 5.11 Å². The standard InChI is InChI=1S/C13H14FNO4S/c1-8(2)12(13(16)17)20(18,19)7-10-3-9(6-15)4-11(14)5-10/h3-5,8,12H,7H2,1-2H3,(H,16,17). The monoisotopic (exact) mass is 299 g/mol. The summed E-state index contributed by atoms with van der Waals surface area (Å²) in [6, 6.07) is 4.92. The van der Waals surface area contributed by atoms with Gasteiger partial charge in [-0.1, -0.05) is 13.8 Å². The van der Waals surface area contributed by atoms with Gasteiger partial charge in [0.25, 0.3) is 0 Å². The molecule has 0 aliphatic rings. The van der Waals surface area contributed by atoms with E-state index in [4.69, 9.17) is 10.4 Å². The molecule has 1 aromatic rings. The van der Waals surface area contributed by atoms with Gasteiger partial charge in [-0.05, 0) is 29.7 Å². The van der Waals surface area contributed by atoms with E-state index in [-0.39, 0.29) is 11.1 Å². The molecule has 20 heavy (non-hydrogen) atoms. The van der Waals surface area contributed by atoms with E-state index in [0.29, 0.717) is 0 Å². The summed E-state index contributed by atoms with van der Waals surface area (Å²) < 4.78 is 37.5. The van der Waals surface area contributed by atoms with Crippen molar-refractivity contribution in [2.45, 2.75) is 24.9 Å². The van der Waals surface area contributed by atoms with Crippen molar-refractivity contribution in [3.05, 3.63) is 35.1 Å². The Bertz CT molecular complexity index is 661. The van der Waals surface area contributed by atoms with Crippen LogP contribution in [0.25, 0.3) is 0 Å². The Labute approximate surface area is 116 Å². The minimum atomic E-state index is -3.99. The van der Waals surface area contributed by atoms with Crippen LogP contribution in [0.2, 0.25) is 0 Å². The van der Waals surface area contributed by atoms with E-state index in [9.17, 15) is 17.6 Å². The summed E-state index contributed by atoms with van der Waals surface area (Å²) in [4.78, 5) is 11.1. The maximum Gasteiger partial charge on any atom is 0.322 e. The molecule has 0 aliphatic carbocycles. The zero-order chi connectivity index (χ0) is 15.5. The molecule has 1 aromatic carbocycles. The molecular formula is C13H14FNO4S. The first-order valence-corrected chi connectivity index (χ1v) is 7.53. The maximum absolute atomic E-state index is 13.2. The quantitative estimate of drug-likeness (QED) is 0.893. The first-order chi connectivity index (χ1) is 9.17. The number of carbonyl (C=O) groups is 1. The van der Waals surface area contributed by atoms with Gasteiger partial charge in [-0.15, -0.1) is 0 Å². The molecule has 0 aliphatic heterocycles. The molecule has 7 heteroatoms. The fraction of sp³-hybridized carbons (Fsp3) is 0.385. The zero-order valence-electron chi connectivity index (χ0n) is 11.0. The third-order valence-corrected chi connectivity index (χ3v) is 4.95. The number of benzene rings is 1. The van der Waals surface area contributed by atoms with E-state index in [1.54, 1.807) is 6.07 Å². The summed E-state index contributed by atoms with van der Waals surface area (Å²) in [5, 5.41) is 16.2. The molecule has 1 rings (SSSR count). The highest BCUT2D eigenvalue weighted by Gasteiger charge is 2.35. The van der Waals surface area contributed by atoms with Crippen LogP contribution in [0.3, 0.4) is 0 Å². The third-order valence-electron chi connectivity index (χ3n) is 2.69. The summed E-state index contributed by atoms with van der Waals surface area (Å²) in [6.45, 7) is 2.98. The molecule has 0 saturated carbocycles. The van der Waals surface area contributed by atoms with Gasteiger partial charge in [0.15, 0.2) is 15.1 Å². The van der Waals surface area contributed by atoms with Gasteiger partial charge in [0.2, 0.25) is 0 Å². The van der Waals surface area contributed by atoms with Gasteiger partial charge in [0, 0.05) is 0 Å². The molecule has 1 N–H and O–H groups in total. The van der Waals surface area contributed by atoms with Gasteiger partial charge in [-0.3, -0.25) is 4.79 Å². The maximum atomic E-state index is 13.2. The normalized spacial score (nSPS) is 12.9. The molecule has 1 atom stereocenters. The van der Waals surface area contributed by atoms with Crippen LogP contribution in [0.1, 0.15) is 25.0 Å². The van der Waals surface area contributed by atoms with Crippen LogP contribution in [0, 0.1) is 23.1 Å². The van der Waals surface area contributed by atoms with Crippen molar-refractivity contribution in [3.63, 3.8) is 0 Å². The molecule has 1 unspecified atom stereocenters. The predicted molar refractivity (Wildman–Crippen MR) is 70.0 cm³/mol. The average Bonchev–Trinajstić information content (AvgIpc) is 2.25. The minimum Gasteiger partial charge on any atom is -0.480 e. The van der Waals surface area contributed by atoms with Crippen LogP contribution in [0.15, 0.2) is 18.2 Å². The Kier molecular flexibility index (Phi) is 4.84. The number of carboxylic acid groups (broad SMARTS) is 1. The van der Waals surface area contributed by atoms with Crippen LogP contribution in [-0.2, 0) is 20.4 Å². The first-order valence-electron chi connectivity index (χ1n) is 5.81. The molecule has 0 fully saturated rings. The molecule has 0 radical (unpaired) electrons. The van der Waals surface area contributed by atoms with Crippen molar-refractivity contribution in [1.82, 2.24) is 0 Å². The molecule has 0 amide bonds. The van der Waals surface area contributed by atoms with Crippen LogP contribution in [0.4, 0.5) is 4.39 Å². The second kappa shape index (κ2) is 6.01. The van der Waals surface area contributed by atoms with Crippen LogP contribution >= 0.6 is 0 Å². The molecule has 0 heterocycles. The first kappa shape index (κ1) is 16.1. The molecule has 0 aromatic heterocycles. The average molecular weight is 299 g/mol. The van der Waals surface area contributed by atoms with E-state index in [1.165, 1.54) is 19.9 Å². The molecular weight excluding hydrogens is 285 g/mol. The Morgan fingerprint density at radius 1 is 1.40 bits per heavy atom. The Morgan fingerprint density at radius 3 is 2.45 bits per heavy atom. The van der Waals surface area contributed by atoms with Gasteiger partial charge >= 0.3 is 5.97 Å². The smallest absolute Gasteiger partial charge is 0.322 e. The second-order valence-electron chi connectivity index (χ2n) is 4.77. The highest BCUT2D eigenvalue weighted by Crippen LogP contribution is 2.19. The molecule has 0 bridgehead atoms. The molecule has 108 valence electrons. The Hall–Kier alpha value is -1.94. The summed E-state index contributed by atoms with van der Waals surface area (Å²) in [5.74, 6) is -3.39. The predicted octanol–water partition coefficient (Wildman–Crippen LogP) is 1.72. The number of carboxylic acids is 1. The van der Waals surface area contributed by atoms with Crippen LogP contribution in [0.5, 0.6) is 0 Å². The fourth-order valence-electron chi connectivity index (χ4n) is 1.97. The number of hydrogen-bond acceptors (Lipinski definition) is 4. The topological polar surface area (TPSA) is 95.2 Å². The number of sulfone groups is 1. The minimum absolute atomic E-state index is 0.00776. The SMILES string of the molecule is CC(C)C(C(=O)O)S(=O)(=O)Cc1cc(F)cc(C#N)c1. The van der Waals surface area contributed by atoms with Gasteiger partial charge in [-0.2, -0.15) is 5.26 Å². The summed E-state index contributed by atoms with van der Waals surface area (Å²) in [7, 11) is -3.99. The summed E-state index contributed by atoms with van der Waals surface area (Å²) in [5.41, 5.74) is 0.0556. The number of hydrogen-bond donors (Lipinski definition) is 1. The lowest BCUT2D eigenvalue weighted by atomic mass is 10.1. The number of rotatable bonds is 5. The van der Waals surface area contributed by atoms with E-state index < -0.39 is 38.5 Å². The number of halogens is 1. The van der Waals surface area contributed by atoms with Gasteiger partial charge in [0.1, 0.15) is 5.82 Å². The molecule has 0 spiro atoms. The highest BCUT2D eigenvalue weighted by molar-refractivity contribution is 7.92. The van der Waals surface area contributed by atoms with Gasteiger partial charge in [-0.25, -0.2) is 12.8 Å². The summed E-state index contributed by atoms with van der Waals surface area (Å²) >= 11 is 0. The third kappa shape index (κ3) is 3.78. The second-order valence-corrected chi connectivity index (χ2v) is 6.89. The lowest BCUT2D eigenvalue weighted by Crippen LogP contribution is -2.35. The van der Waals surface area contributed by atoms with Crippen molar-refractivity contribution >= 4 is 15.8 Å². The van der Waals surface area contributed by atoms with Crippen LogP contribution in [-0.4, -0.2) is 24.7 Å². The van der Waals surface area contributed by atoms with Crippen molar-refractivity contribution in [2.75, 3.05) is 0 Å². The Balaban J connectivity index is 3.17. The van der Waals surface area contributed by atoms with E-state index >= 15 is 0 Å². The zero-order valence-corrected chi connectivity index (χ0v) is 11.8. The largest absolute Gasteiger partial charge is 0.480 e. The van der Waals surface area contributed by atoms with Crippen molar-refractivity contribution in [1.29, 1.82) is 5.26 Å². The summed E-state index contributed by atoms with van der Waals surface area (Å²) in [6.07, 6.45) is 0. The van der Waals surface area contributed by atoms with E-state index in [0.717, 1.165) is 12.1 Å². The molecule has 5 nitrogen and oxygen atoms in total. The van der Waals surface area contributed by atoms with Crippen molar-refractivity contribution in [2.24, 2.45) is 5.92 Å². The molecule has 0 saturated heterocycles. The fourth-order valence-corrected chi connectivity index (χ4v) is 3.92. The number of aliphatic carboxylic acids is 1. The van der Waals surface area contributed by atoms with E-state index in [2.05, 4.69) is 0 Å². The highest BCUT2D eigenvalue weighted by atomic mass is 32.2.